The molecule has 0 saturated heterocycles. The molecule has 3 heterocycles. The molecule has 1 aliphatic heterocycles. The number of hydrogen-bond donors (Lipinski definition) is 0. The molecule has 188 valence electrons. The van der Waals surface area contributed by atoms with Crippen molar-refractivity contribution >= 4 is 40.1 Å². The van der Waals surface area contributed by atoms with E-state index in [1.54, 1.807) is 49.4 Å². The summed E-state index contributed by atoms with van der Waals surface area (Å²) in [5, 5.41) is 2.56. The molecule has 0 spiro atoms. The van der Waals surface area contributed by atoms with Crippen molar-refractivity contribution in [2.24, 2.45) is 0 Å². The topological polar surface area (TPSA) is 75.0 Å². The Balaban J connectivity index is 1.23. The lowest BCUT2D eigenvalue weighted by Gasteiger charge is -2.07. The van der Waals surface area contributed by atoms with Crippen molar-refractivity contribution < 1.29 is 28.2 Å². The van der Waals surface area contributed by atoms with E-state index in [0.717, 1.165) is 16.0 Å². The lowest BCUT2D eigenvalue weighted by Crippen LogP contribution is -2.09. The molecule has 3 aromatic carbocycles. The van der Waals surface area contributed by atoms with Crippen molar-refractivity contribution in [3.63, 3.8) is 0 Å². The van der Waals surface area contributed by atoms with Crippen LogP contribution in [0.2, 0.25) is 0 Å². The van der Waals surface area contributed by atoms with Gasteiger partial charge in [-0.05, 0) is 66.8 Å². The summed E-state index contributed by atoms with van der Waals surface area (Å²) in [7, 11) is 0. The number of rotatable bonds is 6. The Labute approximate surface area is 222 Å². The summed E-state index contributed by atoms with van der Waals surface area (Å²) >= 11 is 1.54. The molecule has 6 nitrogen and oxygen atoms in total. The van der Waals surface area contributed by atoms with Crippen molar-refractivity contribution in [1.82, 2.24) is 0 Å². The van der Waals surface area contributed by atoms with Gasteiger partial charge in [0.25, 0.3) is 0 Å². The molecule has 0 radical (unpaired) electrons. The van der Waals surface area contributed by atoms with E-state index in [-0.39, 0.29) is 17.3 Å². The number of ketones is 1. The van der Waals surface area contributed by atoms with Crippen LogP contribution in [0.3, 0.4) is 0 Å². The van der Waals surface area contributed by atoms with Crippen LogP contribution in [0.25, 0.3) is 17.0 Å². The maximum atomic E-state index is 13.2. The van der Waals surface area contributed by atoms with Crippen LogP contribution in [0.1, 0.15) is 42.5 Å². The second kappa shape index (κ2) is 9.68. The number of allylic oxidation sites excluding steroid dienone is 1. The van der Waals surface area contributed by atoms with Crippen LogP contribution >= 0.6 is 11.3 Å². The van der Waals surface area contributed by atoms with Crippen LogP contribution in [0, 0.1) is 13.8 Å². The Bertz CT molecular complexity index is 1720. The second-order valence-corrected chi connectivity index (χ2v) is 9.87. The van der Waals surface area contributed by atoms with Crippen LogP contribution in [-0.2, 0) is 6.61 Å². The minimum absolute atomic E-state index is 0.203. The summed E-state index contributed by atoms with van der Waals surface area (Å²) in [5.74, 6) is 1.14. The Morgan fingerprint density at radius 1 is 0.974 bits per heavy atom. The molecule has 0 bridgehead atoms. The largest absolute Gasteiger partial charge is 0.489 e. The van der Waals surface area contributed by atoms with E-state index >= 15 is 0 Å². The molecule has 5 aromatic rings. The third-order valence-corrected chi connectivity index (χ3v) is 7.27. The first-order valence-electron chi connectivity index (χ1n) is 12.0. The zero-order chi connectivity index (χ0) is 26.2. The van der Waals surface area contributed by atoms with Gasteiger partial charge in [-0.2, -0.15) is 0 Å². The number of aryl methyl sites for hydroxylation is 2. The minimum Gasteiger partial charge on any atom is -0.489 e. The Hall–Kier alpha value is -4.62. The summed E-state index contributed by atoms with van der Waals surface area (Å²) in [6, 6.07) is 21.9. The van der Waals surface area contributed by atoms with Gasteiger partial charge in [0, 0.05) is 22.4 Å². The average molecular weight is 523 g/mol. The molecule has 38 heavy (non-hydrogen) atoms. The standard InChI is InChI=1S/C31H22O6S/c1-18-12-13-38-28(18)16-27-30(32)23-10-8-22(15-26(23)37-27)36-31(33)29-19(2)35-25-11-9-21(14-24(25)29)34-17-20-6-4-3-5-7-20/h3-16H,17H2,1-2H3/b27-16+. The molecule has 2 aromatic heterocycles. The van der Waals surface area contributed by atoms with Gasteiger partial charge in [-0.1, -0.05) is 30.3 Å². The van der Waals surface area contributed by atoms with Gasteiger partial charge in [0.2, 0.25) is 5.78 Å². The third-order valence-electron chi connectivity index (χ3n) is 6.30. The van der Waals surface area contributed by atoms with E-state index in [1.807, 2.05) is 48.7 Å². The molecule has 0 unspecified atom stereocenters. The Morgan fingerprint density at radius 3 is 2.58 bits per heavy atom. The van der Waals surface area contributed by atoms with Gasteiger partial charge in [-0.3, -0.25) is 4.79 Å². The van der Waals surface area contributed by atoms with Crippen molar-refractivity contribution in [1.29, 1.82) is 0 Å². The summed E-state index contributed by atoms with van der Waals surface area (Å²) in [6.45, 7) is 4.10. The number of Topliss-reactive ketones (excluding diaryl/α,β-unsaturated/α-hetero) is 1. The zero-order valence-corrected chi connectivity index (χ0v) is 21.5. The highest BCUT2D eigenvalue weighted by Crippen LogP contribution is 2.36. The van der Waals surface area contributed by atoms with Gasteiger partial charge in [0.1, 0.15) is 40.8 Å². The molecule has 0 saturated carbocycles. The molecule has 0 N–H and O–H groups in total. The molecule has 6 rings (SSSR count). The van der Waals surface area contributed by atoms with Crippen molar-refractivity contribution in [3.8, 4) is 17.2 Å². The number of hydrogen-bond acceptors (Lipinski definition) is 7. The number of ether oxygens (including phenoxy) is 3. The first-order valence-corrected chi connectivity index (χ1v) is 12.9. The smallest absolute Gasteiger partial charge is 0.347 e. The van der Waals surface area contributed by atoms with Crippen LogP contribution in [-0.4, -0.2) is 11.8 Å². The van der Waals surface area contributed by atoms with E-state index in [1.165, 1.54) is 11.3 Å². The lowest BCUT2D eigenvalue weighted by molar-refractivity contribution is 0.0734. The molecular weight excluding hydrogens is 500 g/mol. The number of thiophene rings is 1. The molecule has 0 atom stereocenters. The van der Waals surface area contributed by atoms with Crippen LogP contribution in [0.15, 0.2) is 88.4 Å². The number of furan rings is 1. The molecule has 1 aliphatic rings. The predicted octanol–water partition coefficient (Wildman–Crippen LogP) is 7.53. The highest BCUT2D eigenvalue weighted by atomic mass is 32.1. The zero-order valence-electron chi connectivity index (χ0n) is 20.6. The lowest BCUT2D eigenvalue weighted by atomic mass is 10.1. The molecule has 0 amide bonds. The number of benzene rings is 3. The van der Waals surface area contributed by atoms with Gasteiger partial charge >= 0.3 is 5.97 Å². The highest BCUT2D eigenvalue weighted by Gasteiger charge is 2.29. The monoisotopic (exact) mass is 522 g/mol. The fourth-order valence-corrected chi connectivity index (χ4v) is 5.17. The van der Waals surface area contributed by atoms with Gasteiger partial charge in [-0.15, -0.1) is 11.3 Å². The maximum Gasteiger partial charge on any atom is 0.347 e. The molecule has 0 fully saturated rings. The van der Waals surface area contributed by atoms with Gasteiger partial charge in [0.15, 0.2) is 5.76 Å². The van der Waals surface area contributed by atoms with Crippen LogP contribution in [0.4, 0.5) is 0 Å². The number of carbonyl (C=O) groups excluding carboxylic acids is 2. The maximum absolute atomic E-state index is 13.2. The summed E-state index contributed by atoms with van der Waals surface area (Å²) in [6.07, 6.45) is 1.74. The highest BCUT2D eigenvalue weighted by molar-refractivity contribution is 7.11. The average Bonchev–Trinajstić information content (AvgIpc) is 3.57. The fourth-order valence-electron chi connectivity index (χ4n) is 4.32. The van der Waals surface area contributed by atoms with Gasteiger partial charge in [-0.25, -0.2) is 4.79 Å². The second-order valence-electron chi connectivity index (χ2n) is 8.92. The van der Waals surface area contributed by atoms with Crippen LogP contribution < -0.4 is 14.2 Å². The summed E-state index contributed by atoms with van der Waals surface area (Å²) in [4.78, 5) is 27.0. The van der Waals surface area contributed by atoms with Crippen LogP contribution in [0.5, 0.6) is 17.2 Å². The van der Waals surface area contributed by atoms with E-state index in [0.29, 0.717) is 46.0 Å². The van der Waals surface area contributed by atoms with E-state index < -0.39 is 5.97 Å². The number of carbonyl (C=O) groups is 2. The van der Waals surface area contributed by atoms with Gasteiger partial charge < -0.3 is 18.6 Å². The van der Waals surface area contributed by atoms with Crippen molar-refractivity contribution in [3.05, 3.63) is 117 Å². The number of fused-ring (bicyclic) bond motifs is 2. The minimum atomic E-state index is -0.573. The Morgan fingerprint density at radius 2 is 1.79 bits per heavy atom. The first-order chi connectivity index (χ1) is 18.5. The third kappa shape index (κ3) is 4.48. The predicted molar refractivity (Wildman–Crippen MR) is 145 cm³/mol. The number of esters is 1. The first kappa shape index (κ1) is 23.8. The summed E-state index contributed by atoms with van der Waals surface area (Å²) in [5.41, 5.74) is 3.41. The van der Waals surface area contributed by atoms with Gasteiger partial charge in [0.05, 0.1) is 5.56 Å². The van der Waals surface area contributed by atoms with E-state index in [9.17, 15) is 9.59 Å². The molecule has 7 heteroatoms. The van der Waals surface area contributed by atoms with E-state index in [2.05, 4.69) is 0 Å². The Kier molecular flexibility index (Phi) is 6.05. The quantitative estimate of drug-likeness (QED) is 0.130. The van der Waals surface area contributed by atoms with E-state index in [4.69, 9.17) is 18.6 Å². The van der Waals surface area contributed by atoms with Crippen molar-refractivity contribution in [2.75, 3.05) is 0 Å². The van der Waals surface area contributed by atoms with Crippen molar-refractivity contribution in [2.45, 2.75) is 20.5 Å². The normalized spacial score (nSPS) is 13.5. The molecular formula is C31H22O6S. The summed E-state index contributed by atoms with van der Waals surface area (Å²) < 4.78 is 23.3. The SMILES string of the molecule is Cc1ccsc1/C=C1/Oc2cc(OC(=O)c3c(C)oc4ccc(OCc5ccccc5)cc34)ccc2C1=O. The molecule has 0 aliphatic carbocycles. The fraction of sp³-hybridized carbons (Fsp3) is 0.0968.